The Morgan fingerprint density at radius 1 is 1.08 bits per heavy atom. The van der Waals surface area contributed by atoms with Crippen LogP contribution in [0.5, 0.6) is 0 Å². The third kappa shape index (κ3) is 4.91. The molecule has 2 aromatic rings. The molecule has 2 N–H and O–H groups in total. The van der Waals surface area contributed by atoms with Crippen molar-refractivity contribution in [1.29, 1.82) is 0 Å². The second-order valence-corrected chi connectivity index (χ2v) is 7.64. The van der Waals surface area contributed by atoms with Gasteiger partial charge in [0.25, 0.3) is 5.91 Å². The minimum Gasteiger partial charge on any atom is -0.354 e. The van der Waals surface area contributed by atoms with Crippen LogP contribution in [0.2, 0.25) is 0 Å². The summed E-state index contributed by atoms with van der Waals surface area (Å²) in [5.74, 6) is 0.0656. The van der Waals surface area contributed by atoms with Crippen LogP contribution < -0.4 is 10.6 Å². The van der Waals surface area contributed by atoms with Crippen molar-refractivity contribution < 1.29 is 9.59 Å². The minimum atomic E-state index is -0.202. The lowest BCUT2D eigenvalue weighted by Crippen LogP contribution is -2.38. The van der Waals surface area contributed by atoms with E-state index in [-0.39, 0.29) is 17.7 Å². The van der Waals surface area contributed by atoms with E-state index in [2.05, 4.69) is 15.6 Å². The van der Waals surface area contributed by atoms with Gasteiger partial charge in [0.1, 0.15) is 10.7 Å². The number of rotatable bonds is 6. The standard InChI is InChI=1S/C20H25N3O2S/c1-14-7-9-16(10-8-14)20-23-17(13-26-20)19(25)22-12-11-21-18(24)15-5-3-2-4-6-15/h7-10,13,15H,2-6,11-12H2,1H3,(H,21,24)(H,22,25). The van der Waals surface area contributed by atoms with Crippen molar-refractivity contribution in [2.45, 2.75) is 39.0 Å². The van der Waals surface area contributed by atoms with Crippen molar-refractivity contribution in [3.05, 3.63) is 40.9 Å². The molecule has 0 spiro atoms. The van der Waals surface area contributed by atoms with Crippen molar-refractivity contribution in [1.82, 2.24) is 15.6 Å². The third-order valence-electron chi connectivity index (χ3n) is 4.72. The Morgan fingerprint density at radius 2 is 1.77 bits per heavy atom. The van der Waals surface area contributed by atoms with E-state index in [1.807, 2.05) is 31.2 Å². The number of hydrogen-bond acceptors (Lipinski definition) is 4. The lowest BCUT2D eigenvalue weighted by Gasteiger charge is -2.20. The Bertz CT molecular complexity index is 749. The zero-order valence-electron chi connectivity index (χ0n) is 15.1. The molecule has 1 fully saturated rings. The molecule has 2 amide bonds. The number of aryl methyl sites for hydroxylation is 1. The largest absolute Gasteiger partial charge is 0.354 e. The maximum Gasteiger partial charge on any atom is 0.270 e. The monoisotopic (exact) mass is 371 g/mol. The third-order valence-corrected chi connectivity index (χ3v) is 5.61. The van der Waals surface area contributed by atoms with E-state index < -0.39 is 0 Å². The number of nitrogens with one attached hydrogen (secondary N) is 2. The van der Waals surface area contributed by atoms with Crippen molar-refractivity contribution in [2.75, 3.05) is 13.1 Å². The molecule has 0 atom stereocenters. The molecule has 26 heavy (non-hydrogen) atoms. The first-order valence-electron chi connectivity index (χ1n) is 9.22. The van der Waals surface area contributed by atoms with E-state index in [0.717, 1.165) is 36.3 Å². The number of amides is 2. The Hall–Kier alpha value is -2.21. The van der Waals surface area contributed by atoms with Crippen LogP contribution in [0.15, 0.2) is 29.6 Å². The molecule has 6 heteroatoms. The Balaban J connectivity index is 1.43. The molecular formula is C20H25N3O2S. The highest BCUT2D eigenvalue weighted by Gasteiger charge is 2.20. The molecule has 1 aliphatic rings. The lowest BCUT2D eigenvalue weighted by atomic mass is 9.89. The molecule has 1 aromatic heterocycles. The number of nitrogens with zero attached hydrogens (tertiary/aromatic N) is 1. The fourth-order valence-corrected chi connectivity index (χ4v) is 3.97. The van der Waals surface area contributed by atoms with Crippen LogP contribution in [0.4, 0.5) is 0 Å². The molecule has 0 saturated heterocycles. The number of aromatic nitrogens is 1. The van der Waals surface area contributed by atoms with Crippen LogP contribution >= 0.6 is 11.3 Å². The number of carbonyl (C=O) groups excluding carboxylic acids is 2. The van der Waals surface area contributed by atoms with Gasteiger partial charge in [-0.1, -0.05) is 49.1 Å². The lowest BCUT2D eigenvalue weighted by molar-refractivity contribution is -0.125. The van der Waals surface area contributed by atoms with Gasteiger partial charge >= 0.3 is 0 Å². The van der Waals surface area contributed by atoms with Crippen LogP contribution in [0, 0.1) is 12.8 Å². The fourth-order valence-electron chi connectivity index (χ4n) is 3.17. The van der Waals surface area contributed by atoms with Gasteiger partial charge in [-0.15, -0.1) is 11.3 Å². The summed E-state index contributed by atoms with van der Waals surface area (Å²) in [4.78, 5) is 28.7. The zero-order valence-corrected chi connectivity index (χ0v) is 15.9. The van der Waals surface area contributed by atoms with Gasteiger partial charge in [0.05, 0.1) is 0 Å². The molecule has 1 aromatic carbocycles. The molecule has 5 nitrogen and oxygen atoms in total. The first-order chi connectivity index (χ1) is 12.6. The molecule has 0 aliphatic heterocycles. The summed E-state index contributed by atoms with van der Waals surface area (Å²) in [6, 6.07) is 8.09. The molecular weight excluding hydrogens is 346 g/mol. The molecule has 138 valence electrons. The molecule has 1 aliphatic carbocycles. The first-order valence-corrected chi connectivity index (χ1v) is 10.1. The van der Waals surface area contributed by atoms with E-state index in [0.29, 0.717) is 18.8 Å². The SMILES string of the molecule is Cc1ccc(-c2nc(C(=O)NCCNC(=O)C3CCCCC3)cs2)cc1. The topological polar surface area (TPSA) is 71.1 Å². The summed E-state index contributed by atoms with van der Waals surface area (Å²) < 4.78 is 0. The number of hydrogen-bond donors (Lipinski definition) is 2. The summed E-state index contributed by atoms with van der Waals surface area (Å²) in [7, 11) is 0. The first kappa shape index (κ1) is 18.6. The quantitative estimate of drug-likeness (QED) is 0.763. The highest BCUT2D eigenvalue weighted by atomic mass is 32.1. The van der Waals surface area contributed by atoms with Gasteiger partial charge in [0.2, 0.25) is 5.91 Å². The summed E-state index contributed by atoms with van der Waals surface area (Å²) in [6.07, 6.45) is 5.49. The highest BCUT2D eigenvalue weighted by Crippen LogP contribution is 2.24. The van der Waals surface area contributed by atoms with Crippen molar-refractivity contribution in [2.24, 2.45) is 5.92 Å². The van der Waals surface area contributed by atoms with Gasteiger partial charge in [0, 0.05) is 30.0 Å². The molecule has 1 heterocycles. The molecule has 0 unspecified atom stereocenters. The van der Waals surface area contributed by atoms with Crippen LogP contribution in [0.25, 0.3) is 10.6 Å². The molecule has 1 saturated carbocycles. The number of carbonyl (C=O) groups is 2. The Labute approximate surface area is 158 Å². The summed E-state index contributed by atoms with van der Waals surface area (Å²) in [5.41, 5.74) is 2.63. The van der Waals surface area contributed by atoms with E-state index in [9.17, 15) is 9.59 Å². The van der Waals surface area contributed by atoms with Crippen LogP contribution in [0.1, 0.15) is 48.2 Å². The predicted molar refractivity (Wildman–Crippen MR) is 104 cm³/mol. The summed E-state index contributed by atoms with van der Waals surface area (Å²) >= 11 is 1.46. The predicted octanol–water partition coefficient (Wildman–Crippen LogP) is 3.54. The van der Waals surface area contributed by atoms with Crippen LogP contribution in [0.3, 0.4) is 0 Å². The Morgan fingerprint density at radius 3 is 2.50 bits per heavy atom. The van der Waals surface area contributed by atoms with Gasteiger partial charge in [-0.2, -0.15) is 0 Å². The van der Waals surface area contributed by atoms with Gasteiger partial charge < -0.3 is 10.6 Å². The molecule has 3 rings (SSSR count). The smallest absolute Gasteiger partial charge is 0.270 e. The number of benzene rings is 1. The van der Waals surface area contributed by atoms with Crippen molar-refractivity contribution >= 4 is 23.2 Å². The van der Waals surface area contributed by atoms with Gasteiger partial charge in [-0.25, -0.2) is 4.98 Å². The second kappa shape index (κ2) is 8.94. The molecule has 0 radical (unpaired) electrons. The zero-order chi connectivity index (χ0) is 18.4. The minimum absolute atomic E-state index is 0.120. The van der Waals surface area contributed by atoms with E-state index in [1.54, 1.807) is 5.38 Å². The summed E-state index contributed by atoms with van der Waals surface area (Å²) in [6.45, 7) is 2.91. The number of thiazole rings is 1. The summed E-state index contributed by atoms with van der Waals surface area (Å²) in [5, 5.41) is 8.35. The average Bonchev–Trinajstić information content (AvgIpc) is 3.16. The fraction of sp³-hybridized carbons (Fsp3) is 0.450. The van der Waals surface area contributed by atoms with E-state index in [1.165, 1.54) is 23.3 Å². The van der Waals surface area contributed by atoms with Crippen molar-refractivity contribution in [3.8, 4) is 10.6 Å². The normalized spacial score (nSPS) is 14.8. The van der Waals surface area contributed by atoms with Gasteiger partial charge in [-0.3, -0.25) is 9.59 Å². The van der Waals surface area contributed by atoms with Crippen molar-refractivity contribution in [3.63, 3.8) is 0 Å². The van der Waals surface area contributed by atoms with Crippen LogP contribution in [-0.2, 0) is 4.79 Å². The molecule has 0 bridgehead atoms. The maximum absolute atomic E-state index is 12.2. The Kier molecular flexibility index (Phi) is 6.39. The maximum atomic E-state index is 12.2. The van der Waals surface area contributed by atoms with Crippen LogP contribution in [-0.4, -0.2) is 29.9 Å². The van der Waals surface area contributed by atoms with Gasteiger partial charge in [-0.05, 0) is 19.8 Å². The average molecular weight is 372 g/mol. The second-order valence-electron chi connectivity index (χ2n) is 6.79. The van der Waals surface area contributed by atoms with Gasteiger partial charge in [0.15, 0.2) is 0 Å². The van der Waals surface area contributed by atoms with E-state index >= 15 is 0 Å². The van der Waals surface area contributed by atoms with E-state index in [4.69, 9.17) is 0 Å². The highest BCUT2D eigenvalue weighted by molar-refractivity contribution is 7.13.